The third-order valence-electron chi connectivity index (χ3n) is 3.98. The quantitative estimate of drug-likeness (QED) is 0.932. The van der Waals surface area contributed by atoms with E-state index >= 15 is 0 Å². The molecule has 1 aromatic carbocycles. The van der Waals surface area contributed by atoms with Gasteiger partial charge in [-0.3, -0.25) is 0 Å². The number of hydrogen-bond acceptors (Lipinski definition) is 4. The Morgan fingerprint density at radius 2 is 2.24 bits per heavy atom. The van der Waals surface area contributed by atoms with Crippen LogP contribution in [0.1, 0.15) is 36.0 Å². The number of rotatable bonds is 4. The molecule has 3 nitrogen and oxygen atoms in total. The van der Waals surface area contributed by atoms with Gasteiger partial charge in [-0.2, -0.15) is 0 Å². The van der Waals surface area contributed by atoms with Gasteiger partial charge in [-0.15, -0.1) is 11.3 Å². The van der Waals surface area contributed by atoms with Crippen molar-refractivity contribution in [1.82, 2.24) is 10.3 Å². The number of anilines is 1. The molecule has 1 aromatic heterocycles. The lowest BCUT2D eigenvalue weighted by Crippen LogP contribution is -2.37. The molecule has 1 unspecified atom stereocenters. The fourth-order valence-electron chi connectivity index (χ4n) is 2.98. The predicted octanol–water partition coefficient (Wildman–Crippen LogP) is 3.73. The van der Waals surface area contributed by atoms with Crippen LogP contribution in [0.2, 0.25) is 0 Å². The Kier molecular flexibility index (Phi) is 4.56. The minimum Gasteiger partial charge on any atom is -0.363 e. The third kappa shape index (κ3) is 3.44. The Bertz CT molecular complexity index is 593. The Morgan fingerprint density at radius 1 is 1.38 bits per heavy atom. The van der Waals surface area contributed by atoms with Gasteiger partial charge < -0.3 is 10.2 Å². The zero-order chi connectivity index (χ0) is 14.7. The summed E-state index contributed by atoms with van der Waals surface area (Å²) in [6.45, 7) is 7.27. The highest BCUT2D eigenvalue weighted by Gasteiger charge is 2.21. The van der Waals surface area contributed by atoms with Crippen LogP contribution in [0, 0.1) is 6.92 Å². The highest BCUT2D eigenvalue weighted by atomic mass is 32.1. The molecule has 2 heterocycles. The van der Waals surface area contributed by atoms with Gasteiger partial charge in [0.2, 0.25) is 0 Å². The van der Waals surface area contributed by atoms with E-state index in [2.05, 4.69) is 58.7 Å². The number of hydrogen-bond donors (Lipinski definition) is 1. The minimum atomic E-state index is 0.559. The summed E-state index contributed by atoms with van der Waals surface area (Å²) in [4.78, 5) is 7.13. The molecule has 21 heavy (non-hydrogen) atoms. The van der Waals surface area contributed by atoms with Crippen LogP contribution in [0.4, 0.5) is 5.69 Å². The number of para-hydroxylation sites is 1. The molecule has 0 amide bonds. The lowest BCUT2D eigenvalue weighted by molar-refractivity contribution is 0.479. The molecule has 0 spiro atoms. The van der Waals surface area contributed by atoms with Crippen molar-refractivity contribution in [2.45, 2.75) is 45.8 Å². The largest absolute Gasteiger partial charge is 0.363 e. The Hall–Kier alpha value is -1.39. The summed E-state index contributed by atoms with van der Waals surface area (Å²) in [6, 6.07) is 9.30. The summed E-state index contributed by atoms with van der Waals surface area (Å²) in [6.07, 6.45) is 2.44. The van der Waals surface area contributed by atoms with E-state index in [0.29, 0.717) is 6.04 Å². The maximum absolute atomic E-state index is 4.64. The predicted molar refractivity (Wildman–Crippen MR) is 89.9 cm³/mol. The van der Waals surface area contributed by atoms with E-state index in [-0.39, 0.29) is 0 Å². The number of aromatic nitrogens is 1. The molecular formula is C17H23N3S. The van der Waals surface area contributed by atoms with Crippen LogP contribution in [0.5, 0.6) is 0 Å². The molecule has 0 saturated carbocycles. The Morgan fingerprint density at radius 3 is 3.00 bits per heavy atom. The Balaban J connectivity index is 1.86. The first-order valence-electron chi connectivity index (χ1n) is 7.73. The molecule has 1 N–H and O–H groups in total. The van der Waals surface area contributed by atoms with Crippen molar-refractivity contribution in [2.75, 3.05) is 11.4 Å². The van der Waals surface area contributed by atoms with Crippen LogP contribution in [-0.4, -0.2) is 17.6 Å². The highest BCUT2D eigenvalue weighted by Crippen LogP contribution is 2.26. The molecule has 0 fully saturated rings. The second-order valence-corrected chi connectivity index (χ2v) is 6.70. The van der Waals surface area contributed by atoms with Crippen molar-refractivity contribution in [3.63, 3.8) is 0 Å². The van der Waals surface area contributed by atoms with Crippen molar-refractivity contribution in [3.8, 4) is 0 Å². The number of aryl methyl sites for hydroxylation is 1. The second kappa shape index (κ2) is 6.58. The van der Waals surface area contributed by atoms with Gasteiger partial charge in [-0.25, -0.2) is 4.98 Å². The van der Waals surface area contributed by atoms with E-state index in [1.807, 2.05) is 0 Å². The average molecular weight is 301 g/mol. The molecule has 1 aliphatic rings. The fraction of sp³-hybridized carbons (Fsp3) is 0.471. The fourth-order valence-corrected chi connectivity index (χ4v) is 3.77. The van der Waals surface area contributed by atoms with E-state index in [1.54, 1.807) is 11.3 Å². The van der Waals surface area contributed by atoms with Crippen LogP contribution in [0.15, 0.2) is 29.6 Å². The summed E-state index contributed by atoms with van der Waals surface area (Å²) >= 11 is 1.77. The molecule has 2 aromatic rings. The third-order valence-corrected chi connectivity index (χ3v) is 4.94. The molecule has 0 aliphatic carbocycles. The van der Waals surface area contributed by atoms with Gasteiger partial charge >= 0.3 is 0 Å². The van der Waals surface area contributed by atoms with Gasteiger partial charge in [0.25, 0.3) is 0 Å². The molecule has 4 heteroatoms. The van der Waals surface area contributed by atoms with Crippen LogP contribution in [-0.2, 0) is 13.1 Å². The zero-order valence-electron chi connectivity index (χ0n) is 12.8. The normalized spacial score (nSPS) is 18.4. The van der Waals surface area contributed by atoms with E-state index in [9.17, 15) is 0 Å². The average Bonchev–Trinajstić information content (AvgIpc) is 2.81. The maximum atomic E-state index is 4.64. The van der Waals surface area contributed by atoms with E-state index in [4.69, 9.17) is 0 Å². The van der Waals surface area contributed by atoms with Crippen LogP contribution >= 0.6 is 11.3 Å². The number of benzene rings is 1. The van der Waals surface area contributed by atoms with E-state index in [1.165, 1.54) is 29.1 Å². The maximum Gasteiger partial charge on any atom is 0.112 e. The number of nitrogens with zero attached hydrogens (tertiary/aromatic N) is 2. The topological polar surface area (TPSA) is 28.2 Å². The Labute approximate surface area is 131 Å². The molecule has 0 bridgehead atoms. The summed E-state index contributed by atoms with van der Waals surface area (Å²) in [5.74, 6) is 0. The number of fused-ring (bicyclic) bond motifs is 1. The molecule has 3 rings (SSSR count). The summed E-state index contributed by atoms with van der Waals surface area (Å²) in [7, 11) is 0. The lowest BCUT2D eigenvalue weighted by Gasteiger charge is -2.26. The van der Waals surface area contributed by atoms with Gasteiger partial charge in [0.1, 0.15) is 5.01 Å². The van der Waals surface area contributed by atoms with Gasteiger partial charge in [-0.05, 0) is 25.0 Å². The van der Waals surface area contributed by atoms with Crippen molar-refractivity contribution in [1.29, 1.82) is 0 Å². The van der Waals surface area contributed by atoms with Gasteiger partial charge in [0, 0.05) is 35.9 Å². The highest BCUT2D eigenvalue weighted by molar-refractivity contribution is 7.09. The molecular weight excluding hydrogens is 278 g/mol. The number of nitrogens with one attached hydrogen (secondary N) is 1. The summed E-state index contributed by atoms with van der Waals surface area (Å²) in [5.41, 5.74) is 3.88. The summed E-state index contributed by atoms with van der Waals surface area (Å²) in [5, 5.41) is 7.05. The molecule has 0 saturated heterocycles. The number of thiazole rings is 1. The standard InChI is InChI=1S/C17H23N3S/c1-3-6-15-10-20(11-17-19-13(2)12-21-17)16-8-5-4-7-14(16)9-18-15/h4-5,7-8,12,15,18H,3,6,9-11H2,1-2H3. The second-order valence-electron chi connectivity index (χ2n) is 5.76. The minimum absolute atomic E-state index is 0.559. The van der Waals surface area contributed by atoms with Crippen LogP contribution < -0.4 is 10.2 Å². The van der Waals surface area contributed by atoms with Crippen molar-refractivity contribution >= 4 is 17.0 Å². The molecule has 1 aliphatic heterocycles. The molecule has 0 radical (unpaired) electrons. The van der Waals surface area contributed by atoms with Crippen molar-refractivity contribution < 1.29 is 0 Å². The van der Waals surface area contributed by atoms with Crippen molar-refractivity contribution in [2.24, 2.45) is 0 Å². The van der Waals surface area contributed by atoms with Crippen LogP contribution in [0.25, 0.3) is 0 Å². The SMILES string of the molecule is CCCC1CN(Cc2nc(C)cs2)c2ccccc2CN1. The van der Waals surface area contributed by atoms with Gasteiger partial charge in [-0.1, -0.05) is 31.5 Å². The zero-order valence-corrected chi connectivity index (χ0v) is 13.6. The molecule has 1 atom stereocenters. The monoisotopic (exact) mass is 301 g/mol. The first-order valence-corrected chi connectivity index (χ1v) is 8.61. The van der Waals surface area contributed by atoms with Gasteiger partial charge in [0.05, 0.1) is 6.54 Å². The first kappa shape index (κ1) is 14.5. The van der Waals surface area contributed by atoms with Gasteiger partial charge in [0.15, 0.2) is 0 Å². The smallest absolute Gasteiger partial charge is 0.112 e. The van der Waals surface area contributed by atoms with E-state index in [0.717, 1.165) is 25.3 Å². The van der Waals surface area contributed by atoms with Crippen molar-refractivity contribution in [3.05, 3.63) is 45.9 Å². The van der Waals surface area contributed by atoms with Crippen LogP contribution in [0.3, 0.4) is 0 Å². The van der Waals surface area contributed by atoms with E-state index < -0.39 is 0 Å². The first-order chi connectivity index (χ1) is 10.3. The molecule has 112 valence electrons. The summed E-state index contributed by atoms with van der Waals surface area (Å²) < 4.78 is 0. The lowest BCUT2D eigenvalue weighted by atomic mass is 10.1.